The molecule has 0 saturated carbocycles. The van der Waals surface area contributed by atoms with Crippen LogP contribution in [-0.2, 0) is 11.3 Å². The SMILES string of the molecule is CCC(C)c1ccc(Cn2c(/N=N/c3ccc(N(CC)CC)cc3NC(C)=O)nc(C#N)c2C#N)cc1. The predicted molar refractivity (Wildman–Crippen MR) is 144 cm³/mol. The zero-order chi connectivity index (χ0) is 26.9. The molecular formula is C28H32N8O. The second-order valence-electron chi connectivity index (χ2n) is 8.72. The highest BCUT2D eigenvalue weighted by Crippen LogP contribution is 2.32. The Morgan fingerprint density at radius 3 is 2.35 bits per heavy atom. The van der Waals surface area contributed by atoms with E-state index in [0.717, 1.165) is 30.8 Å². The van der Waals surface area contributed by atoms with Crippen LogP contribution in [0, 0.1) is 22.7 Å². The van der Waals surface area contributed by atoms with Crippen molar-refractivity contribution in [3.63, 3.8) is 0 Å². The van der Waals surface area contributed by atoms with E-state index in [1.54, 1.807) is 10.6 Å². The van der Waals surface area contributed by atoms with Gasteiger partial charge >= 0.3 is 0 Å². The number of carbonyl (C=O) groups excluding carboxylic acids is 1. The number of hydrogen-bond acceptors (Lipinski definition) is 7. The van der Waals surface area contributed by atoms with Crippen LogP contribution in [0.1, 0.15) is 69.5 Å². The third-order valence-electron chi connectivity index (χ3n) is 6.33. The minimum absolute atomic E-state index is 0.00774. The topological polar surface area (TPSA) is 122 Å². The van der Waals surface area contributed by atoms with E-state index in [-0.39, 0.29) is 23.2 Å². The molecule has 1 atom stereocenters. The summed E-state index contributed by atoms with van der Waals surface area (Å²) in [5.74, 6) is 0.368. The van der Waals surface area contributed by atoms with Gasteiger partial charge < -0.3 is 10.2 Å². The first-order valence-electron chi connectivity index (χ1n) is 12.4. The highest BCUT2D eigenvalue weighted by atomic mass is 16.1. The van der Waals surface area contributed by atoms with Gasteiger partial charge in [0.15, 0.2) is 11.4 Å². The van der Waals surface area contributed by atoms with Gasteiger partial charge in [0.05, 0.1) is 12.2 Å². The van der Waals surface area contributed by atoms with Gasteiger partial charge in [-0.2, -0.15) is 15.5 Å². The number of aromatic nitrogens is 2. The standard InChI is InChI=1S/C28H32N8O/c1-6-19(4)22-11-9-21(10-12-22)18-36-27(17-30)26(16-29)32-28(36)34-33-24-14-13-23(35(7-2)8-3)15-25(24)31-20(5)37/h9-15,19H,6-8,18H2,1-5H3,(H,31,37)/b34-33+. The van der Waals surface area contributed by atoms with Crippen LogP contribution in [0.15, 0.2) is 52.7 Å². The molecule has 0 aliphatic rings. The number of hydrogen-bond donors (Lipinski definition) is 1. The molecule has 1 unspecified atom stereocenters. The average molecular weight is 497 g/mol. The average Bonchev–Trinajstić information content (AvgIpc) is 3.24. The first-order chi connectivity index (χ1) is 17.8. The summed E-state index contributed by atoms with van der Waals surface area (Å²) in [6.07, 6.45) is 1.05. The number of nitrogens with zero attached hydrogens (tertiary/aromatic N) is 7. The predicted octanol–water partition coefficient (Wildman–Crippen LogP) is 6.41. The number of nitriles is 2. The normalized spacial score (nSPS) is 11.6. The Labute approximate surface area is 218 Å². The molecule has 0 radical (unpaired) electrons. The van der Waals surface area contributed by atoms with Gasteiger partial charge in [-0.1, -0.05) is 38.1 Å². The maximum atomic E-state index is 11.8. The van der Waals surface area contributed by atoms with Gasteiger partial charge in [-0.05, 0) is 55.5 Å². The maximum Gasteiger partial charge on any atom is 0.252 e. The van der Waals surface area contributed by atoms with Gasteiger partial charge in [-0.15, -0.1) is 10.2 Å². The van der Waals surface area contributed by atoms with Gasteiger partial charge in [0, 0.05) is 25.7 Å². The monoisotopic (exact) mass is 496 g/mol. The zero-order valence-corrected chi connectivity index (χ0v) is 22.0. The van der Waals surface area contributed by atoms with Crippen molar-refractivity contribution in [2.24, 2.45) is 10.2 Å². The number of rotatable bonds is 10. The Bertz CT molecular complexity index is 1350. The van der Waals surface area contributed by atoms with Crippen LogP contribution in [0.3, 0.4) is 0 Å². The van der Waals surface area contributed by atoms with E-state index in [2.05, 4.69) is 71.3 Å². The Balaban J connectivity index is 2.01. The lowest BCUT2D eigenvalue weighted by Gasteiger charge is -2.22. The molecular weight excluding hydrogens is 464 g/mol. The molecule has 2 aromatic carbocycles. The molecule has 1 aromatic heterocycles. The number of amides is 1. The number of azo groups is 1. The van der Waals surface area contributed by atoms with Crippen LogP contribution in [0.4, 0.5) is 23.0 Å². The van der Waals surface area contributed by atoms with E-state index >= 15 is 0 Å². The molecule has 0 bridgehead atoms. The lowest BCUT2D eigenvalue weighted by molar-refractivity contribution is -0.114. The summed E-state index contributed by atoms with van der Waals surface area (Å²) in [6.45, 7) is 11.8. The summed E-state index contributed by atoms with van der Waals surface area (Å²) in [6, 6.07) is 17.8. The summed E-state index contributed by atoms with van der Waals surface area (Å²) in [5, 5.41) is 30.7. The molecule has 0 aliphatic heterocycles. The van der Waals surface area contributed by atoms with Crippen LogP contribution in [0.5, 0.6) is 0 Å². The lowest BCUT2D eigenvalue weighted by atomic mass is 9.98. The number of anilines is 2. The second-order valence-corrected chi connectivity index (χ2v) is 8.72. The van der Waals surface area contributed by atoms with Crippen LogP contribution < -0.4 is 10.2 Å². The van der Waals surface area contributed by atoms with E-state index in [4.69, 9.17) is 0 Å². The van der Waals surface area contributed by atoms with E-state index in [1.165, 1.54) is 12.5 Å². The summed E-state index contributed by atoms with van der Waals surface area (Å²) in [7, 11) is 0. The van der Waals surface area contributed by atoms with Crippen molar-refractivity contribution in [1.82, 2.24) is 9.55 Å². The quantitative estimate of drug-likeness (QED) is 0.325. The molecule has 1 heterocycles. The summed E-state index contributed by atoms with van der Waals surface area (Å²) >= 11 is 0. The summed E-state index contributed by atoms with van der Waals surface area (Å²) in [5.41, 5.74) is 4.22. The third kappa shape index (κ3) is 6.39. The second kappa shape index (κ2) is 12.5. The first-order valence-corrected chi connectivity index (χ1v) is 12.4. The van der Waals surface area contributed by atoms with Gasteiger partial charge in [0.1, 0.15) is 17.8 Å². The molecule has 9 heteroatoms. The minimum atomic E-state index is -0.228. The largest absolute Gasteiger partial charge is 0.372 e. The smallest absolute Gasteiger partial charge is 0.252 e. The number of benzene rings is 2. The molecule has 0 aliphatic carbocycles. The van der Waals surface area contributed by atoms with Gasteiger partial charge in [0.25, 0.3) is 5.95 Å². The van der Waals surface area contributed by atoms with Crippen molar-refractivity contribution in [1.29, 1.82) is 10.5 Å². The maximum absolute atomic E-state index is 11.8. The van der Waals surface area contributed by atoms with Gasteiger partial charge in [-0.25, -0.2) is 0 Å². The molecule has 3 rings (SSSR count). The van der Waals surface area contributed by atoms with Crippen molar-refractivity contribution in [2.45, 2.75) is 53.5 Å². The van der Waals surface area contributed by atoms with E-state index in [1.807, 2.05) is 30.3 Å². The molecule has 0 spiro atoms. The summed E-state index contributed by atoms with van der Waals surface area (Å²) < 4.78 is 1.59. The Hall–Kier alpha value is -4.50. The van der Waals surface area contributed by atoms with Crippen molar-refractivity contribution >= 4 is 28.9 Å². The van der Waals surface area contributed by atoms with Crippen molar-refractivity contribution in [2.75, 3.05) is 23.3 Å². The van der Waals surface area contributed by atoms with E-state index in [9.17, 15) is 15.3 Å². The van der Waals surface area contributed by atoms with Crippen LogP contribution >= 0.6 is 0 Å². The highest BCUT2D eigenvalue weighted by molar-refractivity contribution is 5.93. The molecule has 0 fully saturated rings. The molecule has 0 saturated heterocycles. The molecule has 190 valence electrons. The number of imidazole rings is 1. The highest BCUT2D eigenvalue weighted by Gasteiger charge is 2.18. The fourth-order valence-electron chi connectivity index (χ4n) is 4.01. The van der Waals surface area contributed by atoms with E-state index < -0.39 is 0 Å². The van der Waals surface area contributed by atoms with Gasteiger partial charge in [-0.3, -0.25) is 9.36 Å². The molecule has 3 aromatic rings. The Morgan fingerprint density at radius 1 is 1.08 bits per heavy atom. The molecule has 1 amide bonds. The van der Waals surface area contributed by atoms with Gasteiger partial charge in [0.2, 0.25) is 5.91 Å². The number of nitrogens with one attached hydrogen (secondary N) is 1. The van der Waals surface area contributed by atoms with Crippen molar-refractivity contribution in [3.05, 3.63) is 65.0 Å². The molecule has 1 N–H and O–H groups in total. The minimum Gasteiger partial charge on any atom is -0.372 e. The van der Waals surface area contributed by atoms with Crippen LogP contribution in [0.2, 0.25) is 0 Å². The summed E-state index contributed by atoms with van der Waals surface area (Å²) in [4.78, 5) is 18.3. The van der Waals surface area contributed by atoms with E-state index in [0.29, 0.717) is 23.8 Å². The fraction of sp³-hybridized carbons (Fsp3) is 0.357. The van der Waals surface area contributed by atoms with Crippen LogP contribution in [-0.4, -0.2) is 28.5 Å². The third-order valence-corrected chi connectivity index (χ3v) is 6.33. The zero-order valence-electron chi connectivity index (χ0n) is 22.0. The van der Waals surface area contributed by atoms with Crippen molar-refractivity contribution < 1.29 is 4.79 Å². The molecule has 9 nitrogen and oxygen atoms in total. The lowest BCUT2D eigenvalue weighted by Crippen LogP contribution is -2.21. The first kappa shape index (κ1) is 27.1. The Kier molecular flexibility index (Phi) is 9.12. The van der Waals surface area contributed by atoms with Crippen molar-refractivity contribution in [3.8, 4) is 12.1 Å². The number of carbonyl (C=O) groups is 1. The molecule has 37 heavy (non-hydrogen) atoms. The fourth-order valence-corrected chi connectivity index (χ4v) is 4.01. The Morgan fingerprint density at radius 2 is 1.78 bits per heavy atom. The van der Waals surface area contributed by atoms with Crippen LogP contribution in [0.25, 0.3) is 0 Å².